The van der Waals surface area contributed by atoms with Gasteiger partial charge in [-0.05, 0) is 17.6 Å². The molecule has 0 saturated carbocycles. The van der Waals surface area contributed by atoms with Crippen LogP contribution in [0.5, 0.6) is 5.75 Å². The molecule has 6 nitrogen and oxygen atoms in total. The fraction of sp³-hybridized carbons (Fsp3) is 0.333. The Morgan fingerprint density at radius 2 is 1.84 bits per heavy atom. The molecule has 0 aliphatic carbocycles. The molecule has 0 spiro atoms. The highest BCUT2D eigenvalue weighted by Gasteiger charge is 2.66. The van der Waals surface area contributed by atoms with Crippen molar-refractivity contribution in [1.29, 1.82) is 0 Å². The normalized spacial score (nSPS) is 32.7. The molecule has 3 rings (SSSR count). The number of ether oxygens (including phenoxy) is 1. The minimum atomic E-state index is -2.16. The summed E-state index contributed by atoms with van der Waals surface area (Å²) in [5.41, 5.74) is 0.665. The van der Waals surface area contributed by atoms with Crippen molar-refractivity contribution in [2.24, 2.45) is 0 Å². The summed E-state index contributed by atoms with van der Waals surface area (Å²) < 4.78 is 16.2. The smallest absolute Gasteiger partial charge is 0.596 e. The number of carbonyl (C=O) groups excluding carboxylic acids is 2. The molecule has 2 heterocycles. The van der Waals surface area contributed by atoms with Crippen LogP contribution < -0.4 is 10.2 Å². The average molecular weight is 263 g/mol. The summed E-state index contributed by atoms with van der Waals surface area (Å²) in [5.74, 6) is -0.0677. The van der Waals surface area contributed by atoms with Gasteiger partial charge in [0.15, 0.2) is 0 Å². The zero-order valence-electron chi connectivity index (χ0n) is 10.8. The first-order valence-electron chi connectivity index (χ1n) is 6.06. The van der Waals surface area contributed by atoms with Crippen LogP contribution in [0, 0.1) is 0 Å². The van der Waals surface area contributed by atoms with Gasteiger partial charge in [0.2, 0.25) is 0 Å². The molecule has 0 unspecified atom stereocenters. The highest BCUT2D eigenvalue weighted by molar-refractivity contribution is 6.79. The average Bonchev–Trinajstić information content (AvgIpc) is 2.74. The number of nitrogens with zero attached hydrogens (tertiary/aromatic N) is 1. The number of methoxy groups -OCH3 is 1. The topological polar surface area (TPSA) is 61.8 Å². The van der Waals surface area contributed by atoms with Crippen LogP contribution in [0.1, 0.15) is 0 Å². The number of carbonyl (C=O) groups is 2. The third-order valence-corrected chi connectivity index (χ3v) is 3.90. The van der Waals surface area contributed by atoms with Crippen molar-refractivity contribution < 1.29 is 28.0 Å². The molecule has 2 saturated heterocycles. The van der Waals surface area contributed by atoms with Gasteiger partial charge in [-0.3, -0.25) is 9.59 Å². The number of hydrogen-bond acceptors (Lipinski definition) is 5. The van der Waals surface area contributed by atoms with Crippen LogP contribution >= 0.6 is 0 Å². The first kappa shape index (κ1) is 12.0. The highest BCUT2D eigenvalue weighted by Crippen LogP contribution is 2.33. The van der Waals surface area contributed by atoms with Crippen LogP contribution in [-0.4, -0.2) is 50.3 Å². The lowest BCUT2D eigenvalue weighted by Crippen LogP contribution is -2.67. The summed E-state index contributed by atoms with van der Waals surface area (Å²) in [6.45, 7) is -1.87. The molecule has 0 bridgehead atoms. The monoisotopic (exact) mass is 263 g/mol. The molecular formula is C12H14BNO5. The first-order valence-corrected chi connectivity index (χ1v) is 6.06. The van der Waals surface area contributed by atoms with E-state index < -0.39 is 6.69 Å². The van der Waals surface area contributed by atoms with Crippen molar-refractivity contribution >= 4 is 24.1 Å². The number of benzene rings is 1. The van der Waals surface area contributed by atoms with Crippen molar-refractivity contribution in [2.75, 3.05) is 27.2 Å². The van der Waals surface area contributed by atoms with Gasteiger partial charge >= 0.3 is 18.6 Å². The number of hydrogen-bond donors (Lipinski definition) is 0. The van der Waals surface area contributed by atoms with Crippen molar-refractivity contribution in [3.8, 4) is 5.75 Å². The van der Waals surface area contributed by atoms with Crippen LogP contribution in [0.3, 0.4) is 0 Å². The van der Waals surface area contributed by atoms with Gasteiger partial charge in [0, 0.05) is 7.05 Å². The largest absolute Gasteiger partial charge is 0.614 e. The van der Waals surface area contributed by atoms with Crippen LogP contribution in [0.2, 0.25) is 0 Å². The van der Waals surface area contributed by atoms with E-state index in [0.717, 1.165) is 0 Å². The van der Waals surface area contributed by atoms with E-state index in [2.05, 4.69) is 0 Å². The van der Waals surface area contributed by atoms with E-state index in [-0.39, 0.29) is 29.4 Å². The van der Waals surface area contributed by atoms with E-state index in [1.807, 2.05) is 0 Å². The zero-order valence-corrected chi connectivity index (χ0v) is 10.8. The Bertz CT molecular complexity index is 553. The molecule has 0 amide bonds. The second-order valence-electron chi connectivity index (χ2n) is 5.22. The fourth-order valence-electron chi connectivity index (χ4n) is 2.96. The lowest BCUT2D eigenvalue weighted by atomic mass is 9.61. The van der Waals surface area contributed by atoms with E-state index in [9.17, 15) is 9.59 Å². The van der Waals surface area contributed by atoms with Gasteiger partial charge in [-0.1, -0.05) is 12.1 Å². The third kappa shape index (κ3) is 1.54. The van der Waals surface area contributed by atoms with E-state index >= 15 is 0 Å². The van der Waals surface area contributed by atoms with Gasteiger partial charge in [-0.25, -0.2) is 0 Å². The lowest BCUT2D eigenvalue weighted by Gasteiger charge is -2.40. The molecule has 0 atom stereocenters. The molecule has 2 fully saturated rings. The maximum Gasteiger partial charge on any atom is 0.614 e. The molecular weight excluding hydrogens is 249 g/mol. The van der Waals surface area contributed by atoms with E-state index in [1.54, 1.807) is 38.4 Å². The molecule has 0 N–H and O–H groups in total. The molecule has 0 aromatic heterocycles. The van der Waals surface area contributed by atoms with Gasteiger partial charge < -0.3 is 18.4 Å². The molecule has 1 aromatic carbocycles. The predicted octanol–water partition coefficient (Wildman–Crippen LogP) is -0.599. The molecule has 19 heavy (non-hydrogen) atoms. The number of quaternary nitrogens is 1. The number of rotatable bonds is 2. The summed E-state index contributed by atoms with van der Waals surface area (Å²) in [6.07, 6.45) is 0. The first-order chi connectivity index (χ1) is 8.99. The molecule has 2 aliphatic rings. The standard InChI is InChI=1S/C12H14BNO5/c1-14-7-11(15)18-13(14,19-12(16)8-14)9-4-3-5-10(6-9)17-2/h3-6H,7-8H2,1-2H3. The van der Waals surface area contributed by atoms with Gasteiger partial charge in [0.1, 0.15) is 18.8 Å². The van der Waals surface area contributed by atoms with E-state index in [1.165, 1.54) is 0 Å². The molecule has 0 radical (unpaired) electrons. The van der Waals surface area contributed by atoms with Gasteiger partial charge in [0.05, 0.1) is 7.11 Å². The van der Waals surface area contributed by atoms with Gasteiger partial charge in [0.25, 0.3) is 0 Å². The maximum atomic E-state index is 11.7. The Balaban J connectivity index is 2.14. The Kier molecular flexibility index (Phi) is 2.37. The lowest BCUT2D eigenvalue weighted by molar-refractivity contribution is -0.791. The summed E-state index contributed by atoms with van der Waals surface area (Å²) in [5, 5.41) is 0. The van der Waals surface area contributed by atoms with Crippen LogP contribution in [-0.2, 0) is 18.9 Å². The van der Waals surface area contributed by atoms with Crippen LogP contribution in [0.4, 0.5) is 0 Å². The minimum absolute atomic E-state index is 0.142. The Hall–Kier alpha value is -2.02. The SMILES string of the molecule is COc1cccc([B-]23OC(=O)C[N+]2(C)CC(=O)O3)c1. The Morgan fingerprint density at radius 1 is 1.21 bits per heavy atom. The molecule has 100 valence electrons. The fourth-order valence-corrected chi connectivity index (χ4v) is 2.96. The minimum Gasteiger partial charge on any atom is -0.596 e. The number of likely N-dealkylation sites (N-methyl/N-ethyl adjacent to an activating group) is 1. The summed E-state index contributed by atoms with van der Waals surface area (Å²) in [4.78, 5) is 23.3. The predicted molar refractivity (Wildman–Crippen MR) is 66.5 cm³/mol. The van der Waals surface area contributed by atoms with Crippen LogP contribution in [0.15, 0.2) is 24.3 Å². The maximum absolute atomic E-state index is 11.7. The van der Waals surface area contributed by atoms with Gasteiger partial charge in [-0.15, -0.1) is 0 Å². The van der Waals surface area contributed by atoms with Crippen molar-refractivity contribution in [1.82, 2.24) is 0 Å². The van der Waals surface area contributed by atoms with Crippen molar-refractivity contribution in [2.45, 2.75) is 0 Å². The Morgan fingerprint density at radius 3 is 2.42 bits per heavy atom. The second kappa shape index (κ2) is 3.74. The molecule has 7 heteroatoms. The summed E-state index contributed by atoms with van der Waals surface area (Å²) >= 11 is 0. The zero-order chi connectivity index (χ0) is 13.7. The van der Waals surface area contributed by atoms with Crippen LogP contribution in [0.25, 0.3) is 0 Å². The van der Waals surface area contributed by atoms with Crippen molar-refractivity contribution in [3.63, 3.8) is 0 Å². The highest BCUT2D eigenvalue weighted by atomic mass is 16.7. The van der Waals surface area contributed by atoms with Crippen molar-refractivity contribution in [3.05, 3.63) is 24.3 Å². The Labute approximate surface area is 110 Å². The molecule has 2 aliphatic heterocycles. The summed E-state index contributed by atoms with van der Waals surface area (Å²) in [7, 11) is 3.36. The summed E-state index contributed by atoms with van der Waals surface area (Å²) in [6, 6.07) is 7.10. The number of fused-ring (bicyclic) bond motifs is 1. The van der Waals surface area contributed by atoms with E-state index in [4.69, 9.17) is 14.0 Å². The van der Waals surface area contributed by atoms with Gasteiger partial charge in [-0.2, -0.15) is 0 Å². The molecule has 1 aromatic rings. The third-order valence-electron chi connectivity index (χ3n) is 3.90. The van der Waals surface area contributed by atoms with E-state index in [0.29, 0.717) is 11.2 Å². The second-order valence-corrected chi connectivity index (χ2v) is 5.22. The quantitative estimate of drug-likeness (QED) is 0.667.